The predicted molar refractivity (Wildman–Crippen MR) is 44.0 cm³/mol. The zero-order valence-electron chi connectivity index (χ0n) is 7.54. The van der Waals surface area contributed by atoms with E-state index in [1.165, 1.54) is 0 Å². The molecule has 0 saturated heterocycles. The van der Waals surface area contributed by atoms with E-state index in [-0.39, 0.29) is 12.4 Å². The van der Waals surface area contributed by atoms with Crippen LogP contribution in [0.5, 0.6) is 0 Å². The van der Waals surface area contributed by atoms with Crippen LogP contribution in [-0.2, 0) is 9.53 Å². The summed E-state index contributed by atoms with van der Waals surface area (Å²) in [6.07, 6.45) is -1.93. The van der Waals surface area contributed by atoms with Crippen molar-refractivity contribution in [3.63, 3.8) is 0 Å². The summed E-state index contributed by atoms with van der Waals surface area (Å²) < 4.78 is 4.51. The Kier molecular flexibility index (Phi) is 3.55. The van der Waals surface area contributed by atoms with E-state index in [1.807, 2.05) is 0 Å². The quantitative estimate of drug-likeness (QED) is 0.526. The Morgan fingerprint density at radius 1 is 1.71 bits per heavy atom. The van der Waals surface area contributed by atoms with E-state index in [0.29, 0.717) is 0 Å². The van der Waals surface area contributed by atoms with Crippen LogP contribution in [0.1, 0.15) is 18.9 Å². The van der Waals surface area contributed by atoms with Crippen molar-refractivity contribution >= 4 is 5.97 Å². The van der Waals surface area contributed by atoms with Crippen LogP contribution in [-0.4, -0.2) is 44.1 Å². The Labute approximate surface area is 79.7 Å². The molecule has 2 atom stereocenters. The van der Waals surface area contributed by atoms with Crippen molar-refractivity contribution in [3.8, 4) is 0 Å². The number of aliphatic hydroxyl groups excluding tert-OH is 2. The number of rotatable bonds is 4. The average Bonchev–Trinajstić information content (AvgIpc) is 2.68. The van der Waals surface area contributed by atoms with Gasteiger partial charge in [0, 0.05) is 0 Å². The van der Waals surface area contributed by atoms with Crippen LogP contribution in [0.2, 0.25) is 0 Å². The number of aliphatic hydroxyl groups is 2. The van der Waals surface area contributed by atoms with Gasteiger partial charge in [0.2, 0.25) is 0 Å². The number of aromatic amines is 1. The van der Waals surface area contributed by atoms with E-state index in [2.05, 4.69) is 19.9 Å². The minimum Gasteiger partial charge on any atom is -0.464 e. The Balaban J connectivity index is 2.61. The number of H-pyrrole nitrogens is 1. The fraction of sp³-hybridized carbons (Fsp3) is 0.571. The maximum absolute atomic E-state index is 11.0. The van der Waals surface area contributed by atoms with E-state index in [4.69, 9.17) is 0 Å². The summed E-state index contributed by atoms with van der Waals surface area (Å²) in [5, 5.41) is 24.5. The highest BCUT2D eigenvalue weighted by molar-refractivity contribution is 5.75. The first kappa shape index (κ1) is 10.6. The lowest BCUT2D eigenvalue weighted by Gasteiger charge is -2.13. The largest absolute Gasteiger partial charge is 0.464 e. The lowest BCUT2D eigenvalue weighted by Crippen LogP contribution is -2.30. The highest BCUT2D eigenvalue weighted by Crippen LogP contribution is 2.12. The van der Waals surface area contributed by atoms with Gasteiger partial charge in [0.1, 0.15) is 12.4 Å². The van der Waals surface area contributed by atoms with Crippen molar-refractivity contribution in [1.29, 1.82) is 0 Å². The number of carbonyl (C=O) groups is 1. The summed E-state index contributed by atoms with van der Waals surface area (Å²) in [5.41, 5.74) is 0. The SMILES string of the molecule is CCOC(=O)C(O)C(O)c1ncn[nH]1. The Bertz CT molecular complexity index is 287. The topological polar surface area (TPSA) is 108 Å². The third-order valence-electron chi connectivity index (χ3n) is 1.54. The van der Waals surface area contributed by atoms with Crippen LogP contribution in [0.4, 0.5) is 0 Å². The number of carbonyl (C=O) groups excluding carboxylic acids is 1. The van der Waals surface area contributed by atoms with Gasteiger partial charge in [-0.15, -0.1) is 0 Å². The molecule has 3 N–H and O–H groups in total. The molecule has 78 valence electrons. The standard InChI is InChI=1S/C7H11N3O4/c1-2-14-7(13)5(12)4(11)6-8-3-9-10-6/h3-5,11-12H,2H2,1H3,(H,8,9,10). The van der Waals surface area contributed by atoms with Gasteiger partial charge in [0.15, 0.2) is 11.9 Å². The van der Waals surface area contributed by atoms with Gasteiger partial charge >= 0.3 is 5.97 Å². The molecule has 7 heteroatoms. The van der Waals surface area contributed by atoms with Crippen molar-refractivity contribution in [2.75, 3.05) is 6.61 Å². The van der Waals surface area contributed by atoms with Gasteiger partial charge < -0.3 is 14.9 Å². The maximum atomic E-state index is 11.0. The number of hydrogen-bond donors (Lipinski definition) is 3. The second kappa shape index (κ2) is 4.68. The van der Waals surface area contributed by atoms with Gasteiger partial charge in [-0.1, -0.05) is 0 Å². The summed E-state index contributed by atoms with van der Waals surface area (Å²) in [5.74, 6) is -0.873. The summed E-state index contributed by atoms with van der Waals surface area (Å²) >= 11 is 0. The zero-order chi connectivity index (χ0) is 10.6. The first-order valence-corrected chi connectivity index (χ1v) is 4.04. The predicted octanol–water partition coefficient (Wildman–Crippen LogP) is -1.24. The summed E-state index contributed by atoms with van der Waals surface area (Å²) in [6, 6.07) is 0. The lowest BCUT2D eigenvalue weighted by molar-refractivity contribution is -0.159. The van der Waals surface area contributed by atoms with E-state index in [9.17, 15) is 15.0 Å². The van der Waals surface area contributed by atoms with Crippen LogP contribution < -0.4 is 0 Å². The molecule has 1 aromatic heterocycles. The van der Waals surface area contributed by atoms with Crippen LogP contribution in [0.25, 0.3) is 0 Å². The molecule has 0 aliphatic heterocycles. The molecular weight excluding hydrogens is 190 g/mol. The highest BCUT2D eigenvalue weighted by Gasteiger charge is 2.28. The van der Waals surface area contributed by atoms with Crippen LogP contribution in [0.15, 0.2) is 6.33 Å². The molecule has 7 nitrogen and oxygen atoms in total. The van der Waals surface area contributed by atoms with E-state index < -0.39 is 18.2 Å². The first-order valence-electron chi connectivity index (χ1n) is 4.04. The number of ether oxygens (including phenoxy) is 1. The monoisotopic (exact) mass is 201 g/mol. The van der Waals surface area contributed by atoms with Crippen LogP contribution >= 0.6 is 0 Å². The molecule has 0 aliphatic rings. The molecule has 0 fully saturated rings. The number of hydrogen-bond acceptors (Lipinski definition) is 6. The van der Waals surface area contributed by atoms with Gasteiger partial charge in [-0.05, 0) is 6.92 Å². The fourth-order valence-corrected chi connectivity index (χ4v) is 0.864. The van der Waals surface area contributed by atoms with Gasteiger partial charge in [0.05, 0.1) is 6.61 Å². The smallest absolute Gasteiger partial charge is 0.338 e. The van der Waals surface area contributed by atoms with E-state index in [0.717, 1.165) is 6.33 Å². The third-order valence-corrected chi connectivity index (χ3v) is 1.54. The molecule has 14 heavy (non-hydrogen) atoms. The molecular formula is C7H11N3O4. The summed E-state index contributed by atoms with van der Waals surface area (Å²) in [6.45, 7) is 1.74. The molecule has 1 aromatic rings. The van der Waals surface area contributed by atoms with Crippen molar-refractivity contribution in [1.82, 2.24) is 15.2 Å². The summed E-state index contributed by atoms with van der Waals surface area (Å²) in [4.78, 5) is 14.6. The second-order valence-corrected chi connectivity index (χ2v) is 2.51. The van der Waals surface area contributed by atoms with E-state index in [1.54, 1.807) is 6.92 Å². The van der Waals surface area contributed by atoms with Gasteiger partial charge in [-0.25, -0.2) is 9.78 Å². The maximum Gasteiger partial charge on any atom is 0.338 e. The molecule has 0 radical (unpaired) electrons. The zero-order valence-corrected chi connectivity index (χ0v) is 7.54. The minimum atomic E-state index is -1.65. The average molecular weight is 201 g/mol. The van der Waals surface area contributed by atoms with Crippen LogP contribution in [0.3, 0.4) is 0 Å². The van der Waals surface area contributed by atoms with Gasteiger partial charge in [-0.3, -0.25) is 5.10 Å². The third kappa shape index (κ3) is 2.27. The molecule has 1 heterocycles. The first-order chi connectivity index (χ1) is 6.66. The number of esters is 1. The molecule has 0 aromatic carbocycles. The normalized spacial score (nSPS) is 14.8. The van der Waals surface area contributed by atoms with Crippen molar-refractivity contribution in [3.05, 3.63) is 12.2 Å². The number of nitrogens with one attached hydrogen (secondary N) is 1. The fourth-order valence-electron chi connectivity index (χ4n) is 0.864. The van der Waals surface area contributed by atoms with Gasteiger partial charge in [-0.2, -0.15) is 5.10 Å². The molecule has 0 aliphatic carbocycles. The Morgan fingerprint density at radius 2 is 2.43 bits per heavy atom. The Hall–Kier alpha value is -1.47. The van der Waals surface area contributed by atoms with E-state index >= 15 is 0 Å². The highest BCUT2D eigenvalue weighted by atomic mass is 16.5. The summed E-state index contributed by atoms with van der Waals surface area (Å²) in [7, 11) is 0. The van der Waals surface area contributed by atoms with Crippen molar-refractivity contribution < 1.29 is 19.7 Å². The number of nitrogens with zero attached hydrogens (tertiary/aromatic N) is 2. The lowest BCUT2D eigenvalue weighted by atomic mass is 10.2. The molecule has 1 rings (SSSR count). The molecule has 0 saturated carbocycles. The minimum absolute atomic E-state index is 0.0190. The van der Waals surface area contributed by atoms with Crippen molar-refractivity contribution in [2.45, 2.75) is 19.1 Å². The second-order valence-electron chi connectivity index (χ2n) is 2.51. The van der Waals surface area contributed by atoms with Gasteiger partial charge in [0.25, 0.3) is 0 Å². The van der Waals surface area contributed by atoms with Crippen molar-refractivity contribution in [2.24, 2.45) is 0 Å². The molecule has 0 spiro atoms. The Morgan fingerprint density at radius 3 is 2.93 bits per heavy atom. The molecule has 0 bridgehead atoms. The molecule has 0 amide bonds. The molecule has 2 unspecified atom stereocenters. The number of aromatic nitrogens is 3. The van der Waals surface area contributed by atoms with Crippen LogP contribution in [0, 0.1) is 0 Å².